The van der Waals surface area contributed by atoms with Crippen LogP contribution in [0.5, 0.6) is 5.75 Å². The third-order valence-corrected chi connectivity index (χ3v) is 4.34. The van der Waals surface area contributed by atoms with Crippen molar-refractivity contribution in [3.63, 3.8) is 0 Å². The summed E-state index contributed by atoms with van der Waals surface area (Å²) in [6.07, 6.45) is 0. The molecule has 0 aliphatic heterocycles. The van der Waals surface area contributed by atoms with Gasteiger partial charge in [0.05, 0.1) is 6.61 Å². The Bertz CT molecular complexity index is 1110. The van der Waals surface area contributed by atoms with Gasteiger partial charge in [-0.15, -0.1) is 0 Å². The lowest BCUT2D eigenvalue weighted by Gasteiger charge is -2.10. The van der Waals surface area contributed by atoms with Gasteiger partial charge in [0.25, 0.3) is 5.91 Å². The van der Waals surface area contributed by atoms with Crippen LogP contribution >= 0.6 is 0 Å². The molecule has 0 aliphatic rings. The lowest BCUT2D eigenvalue weighted by atomic mass is 10.1. The second kappa shape index (κ2) is 8.19. The fourth-order valence-electron chi connectivity index (χ4n) is 2.92. The highest BCUT2D eigenvalue weighted by Gasteiger charge is 2.11. The Kier molecular flexibility index (Phi) is 5.29. The predicted octanol–water partition coefficient (Wildman–Crippen LogP) is 5.78. The monoisotopic (exact) mass is 386 g/mol. The molecule has 1 N–H and O–H groups in total. The number of hydrogen-bond donors (Lipinski definition) is 1. The first-order valence-corrected chi connectivity index (χ1v) is 9.59. The lowest BCUT2D eigenvalue weighted by Crippen LogP contribution is -2.12. The Hall–Kier alpha value is -3.60. The summed E-state index contributed by atoms with van der Waals surface area (Å²) in [5.41, 5.74) is 3.54. The normalized spacial score (nSPS) is 11.0. The van der Waals surface area contributed by atoms with Crippen LogP contribution in [0.1, 0.15) is 24.2 Å². The van der Waals surface area contributed by atoms with E-state index in [1.165, 1.54) is 0 Å². The summed E-state index contributed by atoms with van der Waals surface area (Å²) in [5.74, 6) is 1.43. The molecular weight excluding hydrogens is 364 g/mol. The number of carbonyl (C=O) groups excluding carboxylic acids is 1. The highest BCUT2D eigenvalue weighted by Crippen LogP contribution is 2.26. The van der Waals surface area contributed by atoms with Gasteiger partial charge in [-0.05, 0) is 54.4 Å². The zero-order chi connectivity index (χ0) is 20.2. The number of nitrogens with zero attached hydrogens (tertiary/aromatic N) is 1. The van der Waals surface area contributed by atoms with Crippen molar-refractivity contribution < 1.29 is 13.9 Å². The van der Waals surface area contributed by atoms with E-state index in [0.717, 1.165) is 16.7 Å². The molecule has 4 aromatic rings. The average Bonchev–Trinajstić information content (AvgIpc) is 3.17. The van der Waals surface area contributed by atoms with Crippen molar-refractivity contribution in [3.05, 3.63) is 78.4 Å². The summed E-state index contributed by atoms with van der Waals surface area (Å²) in [5, 5.41) is 2.93. The number of benzene rings is 3. The third kappa shape index (κ3) is 4.46. The van der Waals surface area contributed by atoms with E-state index in [2.05, 4.69) is 24.1 Å². The number of amides is 1. The third-order valence-electron chi connectivity index (χ3n) is 4.34. The molecule has 146 valence electrons. The zero-order valence-electron chi connectivity index (χ0n) is 16.4. The van der Waals surface area contributed by atoms with Crippen LogP contribution < -0.4 is 10.1 Å². The average molecular weight is 386 g/mol. The quantitative estimate of drug-likeness (QED) is 0.456. The summed E-state index contributed by atoms with van der Waals surface area (Å²) < 4.78 is 11.5. The molecule has 5 nitrogen and oxygen atoms in total. The highest BCUT2D eigenvalue weighted by atomic mass is 16.5. The maximum absolute atomic E-state index is 12.7. The molecule has 0 aliphatic carbocycles. The first-order chi connectivity index (χ1) is 14.1. The minimum Gasteiger partial charge on any atom is -0.493 e. The van der Waals surface area contributed by atoms with E-state index in [9.17, 15) is 4.79 Å². The molecule has 4 rings (SSSR count). The second-order valence-electron chi connectivity index (χ2n) is 7.25. The molecule has 1 amide bonds. The summed E-state index contributed by atoms with van der Waals surface area (Å²) in [6.45, 7) is 4.78. The van der Waals surface area contributed by atoms with Gasteiger partial charge in [-0.1, -0.05) is 38.1 Å². The Morgan fingerprint density at radius 3 is 2.69 bits per heavy atom. The number of fused-ring (bicyclic) bond motifs is 1. The molecule has 29 heavy (non-hydrogen) atoms. The maximum atomic E-state index is 12.7. The number of hydrogen-bond acceptors (Lipinski definition) is 4. The first-order valence-electron chi connectivity index (χ1n) is 9.59. The SMILES string of the molecule is CC(C)COc1cccc(C(=O)Nc2cccc(-c3nc4ccccc4o3)c2)c1. The van der Waals surface area contributed by atoms with E-state index in [1.54, 1.807) is 12.1 Å². The second-order valence-corrected chi connectivity index (χ2v) is 7.25. The number of carbonyl (C=O) groups is 1. The van der Waals surface area contributed by atoms with Crippen molar-refractivity contribution >= 4 is 22.7 Å². The smallest absolute Gasteiger partial charge is 0.255 e. The van der Waals surface area contributed by atoms with Crippen molar-refractivity contribution in [1.29, 1.82) is 0 Å². The fraction of sp³-hybridized carbons (Fsp3) is 0.167. The summed E-state index contributed by atoms with van der Waals surface area (Å²) in [4.78, 5) is 17.2. The fourth-order valence-corrected chi connectivity index (χ4v) is 2.92. The molecule has 0 radical (unpaired) electrons. The maximum Gasteiger partial charge on any atom is 0.255 e. The van der Waals surface area contributed by atoms with Gasteiger partial charge in [0.15, 0.2) is 5.58 Å². The number of anilines is 1. The Morgan fingerprint density at radius 1 is 1.03 bits per heavy atom. The van der Waals surface area contributed by atoms with Gasteiger partial charge in [0, 0.05) is 16.8 Å². The summed E-state index contributed by atoms with van der Waals surface area (Å²) in [7, 11) is 0. The minimum atomic E-state index is -0.199. The van der Waals surface area contributed by atoms with Crippen LogP contribution in [-0.4, -0.2) is 17.5 Å². The molecule has 5 heteroatoms. The molecule has 0 unspecified atom stereocenters. The van der Waals surface area contributed by atoms with Crippen LogP contribution in [0.3, 0.4) is 0 Å². The van der Waals surface area contributed by atoms with E-state index in [-0.39, 0.29) is 5.91 Å². The van der Waals surface area contributed by atoms with Crippen LogP contribution in [0.2, 0.25) is 0 Å². The van der Waals surface area contributed by atoms with Gasteiger partial charge in [0.2, 0.25) is 5.89 Å². The molecule has 0 atom stereocenters. The van der Waals surface area contributed by atoms with E-state index in [4.69, 9.17) is 9.15 Å². The predicted molar refractivity (Wildman–Crippen MR) is 114 cm³/mol. The van der Waals surface area contributed by atoms with E-state index in [0.29, 0.717) is 35.4 Å². The Balaban J connectivity index is 1.52. The van der Waals surface area contributed by atoms with Gasteiger partial charge in [-0.2, -0.15) is 0 Å². The molecule has 0 saturated heterocycles. The number of oxazole rings is 1. The van der Waals surface area contributed by atoms with E-state index < -0.39 is 0 Å². The van der Waals surface area contributed by atoms with E-state index in [1.807, 2.05) is 60.7 Å². The first kappa shape index (κ1) is 18.7. The summed E-state index contributed by atoms with van der Waals surface area (Å²) >= 11 is 0. The number of para-hydroxylation sites is 2. The molecule has 0 saturated carbocycles. The van der Waals surface area contributed by atoms with Crippen molar-refractivity contribution in [3.8, 4) is 17.2 Å². The largest absolute Gasteiger partial charge is 0.493 e. The summed E-state index contributed by atoms with van der Waals surface area (Å²) in [6, 6.07) is 22.3. The Labute approximate surface area is 169 Å². The number of ether oxygens (including phenoxy) is 1. The van der Waals surface area contributed by atoms with Gasteiger partial charge < -0.3 is 14.5 Å². The standard InChI is InChI=1S/C24H22N2O3/c1-16(2)15-28-20-10-6-7-17(14-20)23(27)25-19-9-5-8-18(13-19)24-26-21-11-3-4-12-22(21)29-24/h3-14,16H,15H2,1-2H3,(H,25,27). The van der Waals surface area contributed by atoms with E-state index >= 15 is 0 Å². The van der Waals surface area contributed by atoms with Crippen molar-refractivity contribution in [2.24, 2.45) is 5.92 Å². The van der Waals surface area contributed by atoms with Gasteiger partial charge in [0.1, 0.15) is 11.3 Å². The van der Waals surface area contributed by atoms with Crippen molar-refractivity contribution in [1.82, 2.24) is 4.98 Å². The molecule has 1 aromatic heterocycles. The minimum absolute atomic E-state index is 0.199. The topological polar surface area (TPSA) is 64.4 Å². The lowest BCUT2D eigenvalue weighted by molar-refractivity contribution is 0.102. The molecular formula is C24H22N2O3. The van der Waals surface area contributed by atoms with Crippen LogP contribution in [0.25, 0.3) is 22.6 Å². The molecule has 3 aromatic carbocycles. The molecule has 1 heterocycles. The van der Waals surface area contributed by atoms with Crippen LogP contribution in [-0.2, 0) is 0 Å². The van der Waals surface area contributed by atoms with Gasteiger partial charge >= 0.3 is 0 Å². The number of nitrogens with one attached hydrogen (secondary N) is 1. The van der Waals surface area contributed by atoms with Gasteiger partial charge in [-0.25, -0.2) is 4.98 Å². The van der Waals surface area contributed by atoms with Crippen LogP contribution in [0.15, 0.2) is 77.2 Å². The number of rotatable bonds is 6. The van der Waals surface area contributed by atoms with Crippen LogP contribution in [0.4, 0.5) is 5.69 Å². The van der Waals surface area contributed by atoms with Crippen molar-refractivity contribution in [2.75, 3.05) is 11.9 Å². The van der Waals surface area contributed by atoms with Gasteiger partial charge in [-0.3, -0.25) is 4.79 Å². The van der Waals surface area contributed by atoms with Crippen molar-refractivity contribution in [2.45, 2.75) is 13.8 Å². The molecule has 0 fully saturated rings. The number of aromatic nitrogens is 1. The molecule has 0 spiro atoms. The zero-order valence-corrected chi connectivity index (χ0v) is 16.4. The van der Waals surface area contributed by atoms with Crippen LogP contribution in [0, 0.1) is 5.92 Å². The molecule has 0 bridgehead atoms. The highest BCUT2D eigenvalue weighted by molar-refractivity contribution is 6.04. The Morgan fingerprint density at radius 2 is 1.86 bits per heavy atom.